The van der Waals surface area contributed by atoms with Gasteiger partial charge in [-0.3, -0.25) is 4.40 Å². The number of pyridine rings is 1. The standard InChI is InChI=1S/C19H18N2O3/c1-13-5-3-8-18-20-16(17(21(13)18)9-10-19(22)23)12-14-6-4-7-15(11-14)24-2/h3-11H,12H2,1-2H3,(H,22,23)/b10-9+. The number of rotatable bonds is 5. The van der Waals surface area contributed by atoms with Gasteiger partial charge >= 0.3 is 5.97 Å². The number of nitrogens with zero attached hydrogens (tertiary/aromatic N) is 2. The van der Waals surface area contributed by atoms with Gasteiger partial charge in [-0.1, -0.05) is 18.2 Å². The second-order valence-corrected chi connectivity index (χ2v) is 5.50. The van der Waals surface area contributed by atoms with Crippen molar-refractivity contribution < 1.29 is 14.6 Å². The van der Waals surface area contributed by atoms with Crippen LogP contribution >= 0.6 is 0 Å². The maximum absolute atomic E-state index is 10.9. The molecular weight excluding hydrogens is 304 g/mol. The summed E-state index contributed by atoms with van der Waals surface area (Å²) < 4.78 is 7.23. The number of ether oxygens (including phenoxy) is 1. The van der Waals surface area contributed by atoms with Crippen LogP contribution in [0.5, 0.6) is 5.75 Å². The largest absolute Gasteiger partial charge is 0.497 e. The van der Waals surface area contributed by atoms with Gasteiger partial charge < -0.3 is 9.84 Å². The van der Waals surface area contributed by atoms with E-state index in [1.807, 2.05) is 53.8 Å². The molecule has 3 aromatic rings. The van der Waals surface area contributed by atoms with Crippen molar-refractivity contribution in [2.24, 2.45) is 0 Å². The molecule has 0 fully saturated rings. The Morgan fingerprint density at radius 1 is 1.29 bits per heavy atom. The van der Waals surface area contributed by atoms with Crippen LogP contribution in [0.3, 0.4) is 0 Å². The van der Waals surface area contributed by atoms with E-state index in [1.165, 1.54) is 0 Å². The zero-order valence-corrected chi connectivity index (χ0v) is 13.6. The topological polar surface area (TPSA) is 63.8 Å². The van der Waals surface area contributed by atoms with Crippen LogP contribution in [0.2, 0.25) is 0 Å². The number of hydrogen-bond acceptors (Lipinski definition) is 3. The summed E-state index contributed by atoms with van der Waals surface area (Å²) in [6.45, 7) is 1.97. The van der Waals surface area contributed by atoms with Crippen LogP contribution in [-0.2, 0) is 11.2 Å². The van der Waals surface area contributed by atoms with Crippen LogP contribution in [0.1, 0.15) is 22.6 Å². The Bertz CT molecular complexity index is 926. The maximum atomic E-state index is 10.9. The molecule has 24 heavy (non-hydrogen) atoms. The lowest BCUT2D eigenvalue weighted by molar-refractivity contribution is -0.131. The summed E-state index contributed by atoms with van der Waals surface area (Å²) in [6.07, 6.45) is 3.34. The first-order valence-corrected chi connectivity index (χ1v) is 7.59. The van der Waals surface area contributed by atoms with Crippen molar-refractivity contribution >= 4 is 17.7 Å². The Morgan fingerprint density at radius 2 is 2.08 bits per heavy atom. The second-order valence-electron chi connectivity index (χ2n) is 5.50. The fourth-order valence-electron chi connectivity index (χ4n) is 2.76. The molecule has 2 aromatic heterocycles. The van der Waals surface area contributed by atoms with E-state index >= 15 is 0 Å². The maximum Gasteiger partial charge on any atom is 0.328 e. The lowest BCUT2D eigenvalue weighted by Crippen LogP contribution is -1.97. The zero-order chi connectivity index (χ0) is 17.1. The first kappa shape index (κ1) is 15.8. The van der Waals surface area contributed by atoms with Crippen LogP contribution < -0.4 is 4.74 Å². The third-order valence-corrected chi connectivity index (χ3v) is 3.84. The highest BCUT2D eigenvalue weighted by molar-refractivity contribution is 5.85. The molecule has 5 heteroatoms. The van der Waals surface area contributed by atoms with Crippen molar-refractivity contribution in [2.45, 2.75) is 13.3 Å². The van der Waals surface area contributed by atoms with Crippen molar-refractivity contribution in [2.75, 3.05) is 7.11 Å². The Kier molecular flexibility index (Phi) is 4.33. The van der Waals surface area contributed by atoms with Gasteiger partial charge in [0, 0.05) is 18.2 Å². The number of hydrogen-bond donors (Lipinski definition) is 1. The zero-order valence-electron chi connectivity index (χ0n) is 13.6. The van der Waals surface area contributed by atoms with E-state index < -0.39 is 5.97 Å². The summed E-state index contributed by atoms with van der Waals surface area (Å²) in [7, 11) is 1.63. The van der Waals surface area contributed by atoms with Crippen molar-refractivity contribution in [3.05, 3.63) is 71.2 Å². The average Bonchev–Trinajstić information content (AvgIpc) is 2.91. The molecule has 0 spiro atoms. The van der Waals surface area contributed by atoms with Crippen molar-refractivity contribution in [1.29, 1.82) is 0 Å². The molecule has 0 aliphatic rings. The summed E-state index contributed by atoms with van der Waals surface area (Å²) in [6, 6.07) is 13.6. The summed E-state index contributed by atoms with van der Waals surface area (Å²) in [4.78, 5) is 15.6. The van der Waals surface area contributed by atoms with Gasteiger partial charge in [0.1, 0.15) is 11.4 Å². The highest BCUT2D eigenvalue weighted by atomic mass is 16.5. The van der Waals surface area contributed by atoms with Gasteiger partial charge in [-0.15, -0.1) is 0 Å². The minimum Gasteiger partial charge on any atom is -0.497 e. The Morgan fingerprint density at radius 3 is 2.83 bits per heavy atom. The van der Waals surface area contributed by atoms with E-state index in [4.69, 9.17) is 9.84 Å². The minimum atomic E-state index is -0.981. The smallest absolute Gasteiger partial charge is 0.328 e. The number of carboxylic acid groups (broad SMARTS) is 1. The fraction of sp³-hybridized carbons (Fsp3) is 0.158. The molecule has 0 saturated carbocycles. The monoisotopic (exact) mass is 322 g/mol. The van der Waals surface area contributed by atoms with Crippen LogP contribution in [-0.4, -0.2) is 27.6 Å². The summed E-state index contributed by atoms with van der Waals surface area (Å²) in [5.41, 5.74) is 4.48. The normalized spacial score (nSPS) is 11.2. The second kappa shape index (κ2) is 6.58. The van der Waals surface area contributed by atoms with E-state index in [9.17, 15) is 4.79 Å². The third kappa shape index (κ3) is 3.15. The Hall–Kier alpha value is -3.08. The lowest BCUT2D eigenvalue weighted by Gasteiger charge is -2.05. The molecule has 1 N–H and O–H groups in total. The Balaban J connectivity index is 2.10. The van der Waals surface area contributed by atoms with E-state index in [1.54, 1.807) is 13.2 Å². The molecule has 0 unspecified atom stereocenters. The van der Waals surface area contributed by atoms with E-state index in [0.29, 0.717) is 6.42 Å². The van der Waals surface area contributed by atoms with Crippen LogP contribution in [0.25, 0.3) is 11.7 Å². The van der Waals surface area contributed by atoms with E-state index in [-0.39, 0.29) is 0 Å². The molecule has 2 heterocycles. The van der Waals surface area contributed by atoms with Crippen molar-refractivity contribution in [3.8, 4) is 5.75 Å². The van der Waals surface area contributed by atoms with E-state index in [2.05, 4.69) is 4.98 Å². The molecule has 0 bridgehead atoms. The van der Waals surface area contributed by atoms with Gasteiger partial charge in [0.2, 0.25) is 0 Å². The van der Waals surface area contributed by atoms with Gasteiger partial charge in [0.15, 0.2) is 0 Å². The highest BCUT2D eigenvalue weighted by Crippen LogP contribution is 2.22. The molecule has 5 nitrogen and oxygen atoms in total. The van der Waals surface area contributed by atoms with Gasteiger partial charge in [0.05, 0.1) is 18.5 Å². The van der Waals surface area contributed by atoms with Crippen molar-refractivity contribution in [1.82, 2.24) is 9.38 Å². The highest BCUT2D eigenvalue weighted by Gasteiger charge is 2.12. The number of aromatic nitrogens is 2. The first-order valence-electron chi connectivity index (χ1n) is 7.59. The number of imidazole rings is 1. The minimum absolute atomic E-state index is 0.595. The molecule has 1 aromatic carbocycles. The predicted molar refractivity (Wildman–Crippen MR) is 92.4 cm³/mol. The number of benzene rings is 1. The van der Waals surface area contributed by atoms with Gasteiger partial charge in [0.25, 0.3) is 0 Å². The van der Waals surface area contributed by atoms with Crippen LogP contribution in [0.15, 0.2) is 48.5 Å². The number of methoxy groups -OCH3 is 1. The molecular formula is C19H18N2O3. The average molecular weight is 322 g/mol. The third-order valence-electron chi connectivity index (χ3n) is 3.84. The SMILES string of the molecule is COc1cccc(Cc2nc3cccc(C)n3c2/C=C/C(=O)O)c1. The van der Waals surface area contributed by atoms with E-state index in [0.717, 1.165) is 40.1 Å². The number of aryl methyl sites for hydroxylation is 1. The predicted octanol–water partition coefficient (Wildman–Crippen LogP) is 3.34. The molecule has 0 aliphatic carbocycles. The van der Waals surface area contributed by atoms with Crippen LogP contribution in [0.4, 0.5) is 0 Å². The molecule has 0 saturated heterocycles. The number of carboxylic acids is 1. The number of fused-ring (bicyclic) bond motifs is 1. The number of aliphatic carboxylic acids is 1. The van der Waals surface area contributed by atoms with Crippen LogP contribution in [0, 0.1) is 6.92 Å². The fourth-order valence-corrected chi connectivity index (χ4v) is 2.76. The van der Waals surface area contributed by atoms with Gasteiger partial charge in [-0.25, -0.2) is 9.78 Å². The molecule has 3 rings (SSSR count). The Labute approximate surface area is 139 Å². The van der Waals surface area contributed by atoms with Gasteiger partial charge in [-0.05, 0) is 42.8 Å². The molecule has 0 amide bonds. The number of carbonyl (C=O) groups is 1. The summed E-state index contributed by atoms with van der Waals surface area (Å²) in [5, 5.41) is 8.97. The molecule has 0 atom stereocenters. The summed E-state index contributed by atoms with van der Waals surface area (Å²) in [5.74, 6) is -0.194. The molecule has 0 radical (unpaired) electrons. The van der Waals surface area contributed by atoms with Gasteiger partial charge in [-0.2, -0.15) is 0 Å². The lowest BCUT2D eigenvalue weighted by atomic mass is 10.1. The first-order chi connectivity index (χ1) is 11.6. The quantitative estimate of drug-likeness (QED) is 0.732. The van der Waals surface area contributed by atoms with Crippen molar-refractivity contribution in [3.63, 3.8) is 0 Å². The summed E-state index contributed by atoms with van der Waals surface area (Å²) >= 11 is 0. The molecule has 0 aliphatic heterocycles. The molecule has 122 valence electrons.